The van der Waals surface area contributed by atoms with Crippen molar-refractivity contribution in [3.8, 4) is 5.69 Å². The fourth-order valence-corrected chi connectivity index (χ4v) is 5.17. The molecule has 4 aromatic carbocycles. The van der Waals surface area contributed by atoms with E-state index in [1.807, 2.05) is 37.3 Å². The Balaban J connectivity index is 1.29. The minimum atomic E-state index is -0.00541. The summed E-state index contributed by atoms with van der Waals surface area (Å²) in [5.74, 6) is 0.747. The number of ketones is 1. The number of Topliss-reactive ketones (excluding diaryl/α,β-unsaturated/α-hetero) is 1. The van der Waals surface area contributed by atoms with Gasteiger partial charge >= 0.3 is 0 Å². The maximum atomic E-state index is 13.6. The van der Waals surface area contributed by atoms with E-state index < -0.39 is 0 Å². The van der Waals surface area contributed by atoms with Crippen molar-refractivity contribution in [3.63, 3.8) is 0 Å². The predicted molar refractivity (Wildman–Crippen MR) is 156 cm³/mol. The van der Waals surface area contributed by atoms with Crippen LogP contribution in [0, 0.1) is 19.4 Å². The standard InChI is InChI=1S/C34H30N4O/c1-23-17-32(38(37-23)31-12-6-11-30(21-31)35-2)33(39)19-25-7-5-10-28(18-25)34(36-22-24-13-14-24)29-16-15-26-8-3-4-9-27(26)20-29/h3-12,15-18,20-21,24,34,36H,13-14,19,22H2,1H3. The van der Waals surface area contributed by atoms with Gasteiger partial charge in [-0.05, 0) is 84.0 Å². The molecule has 1 saturated carbocycles. The second-order valence-electron chi connectivity index (χ2n) is 10.5. The lowest BCUT2D eigenvalue weighted by atomic mass is 9.94. The fourth-order valence-electron chi connectivity index (χ4n) is 5.17. The zero-order chi connectivity index (χ0) is 26.8. The van der Waals surface area contributed by atoms with Crippen LogP contribution in [0.15, 0.2) is 97.1 Å². The minimum Gasteiger partial charge on any atom is -0.306 e. The van der Waals surface area contributed by atoms with Crippen molar-refractivity contribution in [2.45, 2.75) is 32.2 Å². The molecular formula is C34H30N4O. The molecule has 1 atom stereocenters. The number of aryl methyl sites for hydroxylation is 1. The maximum Gasteiger partial charge on any atom is 0.189 e. The van der Waals surface area contributed by atoms with E-state index in [0.29, 0.717) is 17.1 Å². The molecule has 0 radical (unpaired) electrons. The third-order valence-corrected chi connectivity index (χ3v) is 7.38. The summed E-state index contributed by atoms with van der Waals surface area (Å²) in [6.07, 6.45) is 2.85. The average Bonchev–Trinajstić information content (AvgIpc) is 3.71. The number of hydrogen-bond donors (Lipinski definition) is 1. The van der Waals surface area contributed by atoms with Crippen molar-refractivity contribution < 1.29 is 4.79 Å². The van der Waals surface area contributed by atoms with Gasteiger partial charge in [-0.2, -0.15) is 5.10 Å². The number of carbonyl (C=O) groups is 1. The van der Waals surface area contributed by atoms with Crippen LogP contribution in [0.5, 0.6) is 0 Å². The molecule has 0 spiro atoms. The van der Waals surface area contributed by atoms with Crippen molar-refractivity contribution in [2.75, 3.05) is 6.54 Å². The highest BCUT2D eigenvalue weighted by atomic mass is 16.1. The van der Waals surface area contributed by atoms with Gasteiger partial charge in [0, 0.05) is 6.42 Å². The molecule has 1 heterocycles. The largest absolute Gasteiger partial charge is 0.306 e. The first kappa shape index (κ1) is 24.8. The molecule has 1 aliphatic rings. The highest BCUT2D eigenvalue weighted by Crippen LogP contribution is 2.31. The van der Waals surface area contributed by atoms with Crippen molar-refractivity contribution >= 4 is 22.2 Å². The van der Waals surface area contributed by atoms with Crippen LogP contribution in [0.4, 0.5) is 5.69 Å². The minimum absolute atomic E-state index is 0.00541. The molecule has 1 aromatic heterocycles. The van der Waals surface area contributed by atoms with E-state index in [2.05, 4.69) is 69.9 Å². The molecule has 1 fully saturated rings. The zero-order valence-electron chi connectivity index (χ0n) is 22.0. The SMILES string of the molecule is [C-]#[N+]c1cccc(-n2nc(C)cc2C(=O)Cc2cccc(C(NCC3CC3)c3ccc4ccccc4c3)c2)c1. The molecule has 5 nitrogen and oxygen atoms in total. The molecule has 0 amide bonds. The van der Waals surface area contributed by atoms with Gasteiger partial charge in [0.2, 0.25) is 0 Å². The summed E-state index contributed by atoms with van der Waals surface area (Å²) in [6.45, 7) is 10.2. The number of nitrogens with one attached hydrogen (secondary N) is 1. The summed E-state index contributed by atoms with van der Waals surface area (Å²) >= 11 is 0. The predicted octanol–water partition coefficient (Wildman–Crippen LogP) is 7.40. The van der Waals surface area contributed by atoms with Gasteiger partial charge in [-0.15, -0.1) is 0 Å². The topological polar surface area (TPSA) is 51.3 Å². The highest BCUT2D eigenvalue weighted by Gasteiger charge is 2.24. The molecule has 5 aromatic rings. The van der Waals surface area contributed by atoms with E-state index in [4.69, 9.17) is 6.57 Å². The van der Waals surface area contributed by atoms with Crippen LogP contribution in [0.25, 0.3) is 21.3 Å². The molecule has 6 rings (SSSR count). The first-order chi connectivity index (χ1) is 19.1. The lowest BCUT2D eigenvalue weighted by molar-refractivity contribution is 0.0985. The molecule has 0 bridgehead atoms. The Morgan fingerprint density at radius 1 is 0.949 bits per heavy atom. The first-order valence-corrected chi connectivity index (χ1v) is 13.5. The second-order valence-corrected chi connectivity index (χ2v) is 10.5. The van der Waals surface area contributed by atoms with Crippen molar-refractivity contribution in [1.29, 1.82) is 0 Å². The van der Waals surface area contributed by atoms with Crippen LogP contribution in [0.1, 0.15) is 51.8 Å². The lowest BCUT2D eigenvalue weighted by Crippen LogP contribution is -2.24. The van der Waals surface area contributed by atoms with Crippen molar-refractivity contribution in [2.24, 2.45) is 5.92 Å². The molecule has 1 unspecified atom stereocenters. The fraction of sp³-hybridized carbons (Fsp3) is 0.206. The smallest absolute Gasteiger partial charge is 0.189 e. The zero-order valence-corrected chi connectivity index (χ0v) is 22.0. The molecule has 0 saturated heterocycles. The van der Waals surface area contributed by atoms with Gasteiger partial charge in [0.05, 0.1) is 24.0 Å². The Hall–Kier alpha value is -4.53. The lowest BCUT2D eigenvalue weighted by Gasteiger charge is -2.21. The van der Waals surface area contributed by atoms with E-state index in [1.165, 1.54) is 29.2 Å². The van der Waals surface area contributed by atoms with Gasteiger partial charge in [0.15, 0.2) is 11.5 Å². The van der Waals surface area contributed by atoms with E-state index in [1.54, 1.807) is 16.8 Å². The molecule has 1 aliphatic carbocycles. The van der Waals surface area contributed by atoms with Crippen molar-refractivity contribution in [1.82, 2.24) is 15.1 Å². The van der Waals surface area contributed by atoms with Crippen molar-refractivity contribution in [3.05, 3.63) is 137 Å². The van der Waals surface area contributed by atoms with Gasteiger partial charge < -0.3 is 5.32 Å². The van der Waals surface area contributed by atoms with E-state index in [9.17, 15) is 4.79 Å². The maximum absolute atomic E-state index is 13.6. The Morgan fingerprint density at radius 3 is 2.56 bits per heavy atom. The molecule has 5 heteroatoms. The number of hydrogen-bond acceptors (Lipinski definition) is 3. The van der Waals surface area contributed by atoms with Crippen LogP contribution in [-0.2, 0) is 6.42 Å². The van der Waals surface area contributed by atoms with Gasteiger partial charge in [-0.1, -0.05) is 72.8 Å². The number of nitrogens with zero attached hydrogens (tertiary/aromatic N) is 3. The second kappa shape index (κ2) is 10.7. The number of carbonyl (C=O) groups excluding carboxylic acids is 1. The molecule has 192 valence electrons. The summed E-state index contributed by atoms with van der Waals surface area (Å²) in [5, 5.41) is 10.8. The third kappa shape index (κ3) is 5.52. The average molecular weight is 511 g/mol. The van der Waals surface area contributed by atoms with Gasteiger partial charge in [-0.25, -0.2) is 9.53 Å². The Kier molecular flexibility index (Phi) is 6.79. The van der Waals surface area contributed by atoms with Gasteiger partial charge in [-0.3, -0.25) is 4.79 Å². The molecule has 0 aliphatic heterocycles. The molecule has 39 heavy (non-hydrogen) atoms. The highest BCUT2D eigenvalue weighted by molar-refractivity contribution is 5.96. The quantitative estimate of drug-likeness (QED) is 0.166. The first-order valence-electron chi connectivity index (χ1n) is 13.5. The van der Waals surface area contributed by atoms with E-state index in [0.717, 1.165) is 29.3 Å². The van der Waals surface area contributed by atoms with E-state index in [-0.39, 0.29) is 18.2 Å². The third-order valence-electron chi connectivity index (χ3n) is 7.38. The van der Waals surface area contributed by atoms with E-state index >= 15 is 0 Å². The molecule has 1 N–H and O–H groups in total. The molecular weight excluding hydrogens is 480 g/mol. The Labute approximate surface area is 228 Å². The summed E-state index contributed by atoms with van der Waals surface area (Å²) in [4.78, 5) is 17.1. The van der Waals surface area contributed by atoms with Crippen LogP contribution >= 0.6 is 0 Å². The monoisotopic (exact) mass is 510 g/mol. The van der Waals surface area contributed by atoms with Gasteiger partial charge in [0.25, 0.3) is 0 Å². The van der Waals surface area contributed by atoms with Crippen LogP contribution < -0.4 is 5.32 Å². The van der Waals surface area contributed by atoms with Crippen LogP contribution in [0.3, 0.4) is 0 Å². The summed E-state index contributed by atoms with van der Waals surface area (Å²) in [7, 11) is 0. The number of benzene rings is 4. The number of rotatable bonds is 9. The van der Waals surface area contributed by atoms with Gasteiger partial charge in [0.1, 0.15) is 5.69 Å². The normalized spacial score (nSPS) is 13.7. The Morgan fingerprint density at radius 2 is 1.74 bits per heavy atom. The summed E-state index contributed by atoms with van der Waals surface area (Å²) < 4.78 is 1.66. The number of fused-ring (bicyclic) bond motifs is 1. The Bertz CT molecular complexity index is 1710. The summed E-state index contributed by atoms with van der Waals surface area (Å²) in [6, 6.07) is 32.6. The van der Waals surface area contributed by atoms with Crippen LogP contribution in [0.2, 0.25) is 0 Å². The van der Waals surface area contributed by atoms with Crippen LogP contribution in [-0.4, -0.2) is 22.1 Å². The number of aromatic nitrogens is 2. The summed E-state index contributed by atoms with van der Waals surface area (Å²) in [5.41, 5.74) is 5.88.